The van der Waals surface area contributed by atoms with E-state index in [0.29, 0.717) is 24.5 Å². The van der Waals surface area contributed by atoms with Gasteiger partial charge >= 0.3 is 0 Å². The lowest BCUT2D eigenvalue weighted by molar-refractivity contribution is -0.0855. The van der Waals surface area contributed by atoms with Crippen LogP contribution >= 0.6 is 0 Å². The summed E-state index contributed by atoms with van der Waals surface area (Å²) in [5, 5.41) is 18.1. The zero-order chi connectivity index (χ0) is 15.1. The SMILES string of the molecule is N#CCOc1ccc(F)cc1C(CO)OC1CCOCC1. The topological polar surface area (TPSA) is 71.7 Å². The summed E-state index contributed by atoms with van der Waals surface area (Å²) in [5.74, 6) is -0.0904. The minimum atomic E-state index is -0.683. The van der Waals surface area contributed by atoms with E-state index in [9.17, 15) is 9.50 Å². The molecule has 1 aromatic carbocycles. The maximum atomic E-state index is 13.5. The van der Waals surface area contributed by atoms with Crippen molar-refractivity contribution in [3.8, 4) is 11.8 Å². The quantitative estimate of drug-likeness (QED) is 0.868. The average Bonchev–Trinajstić information content (AvgIpc) is 2.52. The van der Waals surface area contributed by atoms with Gasteiger partial charge in [0.25, 0.3) is 0 Å². The van der Waals surface area contributed by atoms with Crippen molar-refractivity contribution >= 4 is 0 Å². The molecule has 114 valence electrons. The van der Waals surface area contributed by atoms with Crippen LogP contribution in [0.2, 0.25) is 0 Å². The highest BCUT2D eigenvalue weighted by atomic mass is 19.1. The van der Waals surface area contributed by atoms with Crippen LogP contribution in [-0.2, 0) is 9.47 Å². The third-order valence-corrected chi connectivity index (χ3v) is 3.30. The number of nitrogens with zero attached hydrogens (tertiary/aromatic N) is 1. The Balaban J connectivity index is 2.15. The van der Waals surface area contributed by atoms with Crippen molar-refractivity contribution in [2.24, 2.45) is 0 Å². The molecule has 1 fully saturated rings. The molecule has 5 nitrogen and oxygen atoms in total. The summed E-state index contributed by atoms with van der Waals surface area (Å²) < 4.78 is 29.8. The normalized spacial score (nSPS) is 17.2. The first-order chi connectivity index (χ1) is 10.2. The van der Waals surface area contributed by atoms with Crippen LogP contribution in [0, 0.1) is 17.1 Å². The van der Waals surface area contributed by atoms with E-state index in [1.807, 2.05) is 6.07 Å². The first-order valence-corrected chi connectivity index (χ1v) is 6.88. The predicted molar refractivity (Wildman–Crippen MR) is 72.3 cm³/mol. The number of hydrogen-bond donors (Lipinski definition) is 1. The standard InChI is InChI=1S/C15H18FNO4/c16-11-1-2-14(20-8-5-17)13(9-11)15(10-18)21-12-3-6-19-7-4-12/h1-2,9,12,15,18H,3-4,6-8,10H2. The van der Waals surface area contributed by atoms with Crippen LogP contribution in [0.5, 0.6) is 5.75 Å². The largest absolute Gasteiger partial charge is 0.478 e. The molecule has 0 radical (unpaired) electrons. The molecule has 1 N–H and O–H groups in total. The van der Waals surface area contributed by atoms with Gasteiger partial charge in [-0.05, 0) is 31.0 Å². The maximum absolute atomic E-state index is 13.5. The molecule has 0 spiro atoms. The highest BCUT2D eigenvalue weighted by Crippen LogP contribution is 2.31. The molecule has 1 unspecified atom stereocenters. The summed E-state index contributed by atoms with van der Waals surface area (Å²) >= 11 is 0. The van der Waals surface area contributed by atoms with E-state index in [0.717, 1.165) is 12.8 Å². The third-order valence-electron chi connectivity index (χ3n) is 3.30. The molecule has 2 rings (SSSR count). The number of rotatable bonds is 6. The Kier molecular flexibility index (Phi) is 5.93. The summed E-state index contributed by atoms with van der Waals surface area (Å²) in [5.41, 5.74) is 0.416. The van der Waals surface area contributed by atoms with Gasteiger partial charge in [-0.1, -0.05) is 0 Å². The van der Waals surface area contributed by atoms with Gasteiger partial charge in [0, 0.05) is 18.8 Å². The third kappa shape index (κ3) is 4.39. The fourth-order valence-corrected chi connectivity index (χ4v) is 2.27. The molecule has 21 heavy (non-hydrogen) atoms. The predicted octanol–water partition coefficient (Wildman–Crippen LogP) is 1.96. The molecule has 1 aromatic rings. The smallest absolute Gasteiger partial charge is 0.174 e. The molecular weight excluding hydrogens is 277 g/mol. The van der Waals surface area contributed by atoms with Gasteiger partial charge in [-0.15, -0.1) is 0 Å². The number of ether oxygens (including phenoxy) is 3. The van der Waals surface area contributed by atoms with Gasteiger partial charge < -0.3 is 19.3 Å². The molecule has 0 aliphatic carbocycles. The minimum Gasteiger partial charge on any atom is -0.478 e. The second kappa shape index (κ2) is 7.93. The number of nitriles is 1. The van der Waals surface area contributed by atoms with E-state index in [-0.39, 0.29) is 19.3 Å². The lowest BCUT2D eigenvalue weighted by Gasteiger charge is -2.27. The lowest BCUT2D eigenvalue weighted by atomic mass is 10.1. The number of aliphatic hydroxyl groups is 1. The fourth-order valence-electron chi connectivity index (χ4n) is 2.27. The summed E-state index contributed by atoms with van der Waals surface area (Å²) in [7, 11) is 0. The first kappa shape index (κ1) is 15.7. The van der Waals surface area contributed by atoms with Gasteiger partial charge in [0.2, 0.25) is 0 Å². The summed E-state index contributed by atoms with van der Waals surface area (Å²) in [6, 6.07) is 5.82. The monoisotopic (exact) mass is 295 g/mol. The van der Waals surface area contributed by atoms with Crippen LogP contribution in [0.1, 0.15) is 24.5 Å². The highest BCUT2D eigenvalue weighted by Gasteiger charge is 2.23. The van der Waals surface area contributed by atoms with Crippen LogP contribution < -0.4 is 4.74 Å². The molecule has 0 aromatic heterocycles. The van der Waals surface area contributed by atoms with Crippen LogP contribution in [0.15, 0.2) is 18.2 Å². The minimum absolute atomic E-state index is 0.0389. The second-order valence-electron chi connectivity index (χ2n) is 4.75. The molecule has 0 bridgehead atoms. The van der Waals surface area contributed by atoms with E-state index >= 15 is 0 Å². The molecule has 0 saturated carbocycles. The maximum Gasteiger partial charge on any atom is 0.174 e. The van der Waals surface area contributed by atoms with Gasteiger partial charge in [-0.3, -0.25) is 0 Å². The highest BCUT2D eigenvalue weighted by molar-refractivity contribution is 5.36. The molecule has 6 heteroatoms. The van der Waals surface area contributed by atoms with Crippen molar-refractivity contribution in [2.45, 2.75) is 25.0 Å². The van der Waals surface area contributed by atoms with Gasteiger partial charge in [0.1, 0.15) is 23.7 Å². The van der Waals surface area contributed by atoms with Crippen LogP contribution in [0.4, 0.5) is 4.39 Å². The summed E-state index contributed by atoms with van der Waals surface area (Å²) in [4.78, 5) is 0. The van der Waals surface area contributed by atoms with Crippen molar-refractivity contribution in [2.75, 3.05) is 26.4 Å². The Hall–Kier alpha value is -1.68. The van der Waals surface area contributed by atoms with Gasteiger partial charge in [-0.2, -0.15) is 5.26 Å². The van der Waals surface area contributed by atoms with E-state index in [4.69, 9.17) is 19.5 Å². The number of halogens is 1. The van der Waals surface area contributed by atoms with Crippen molar-refractivity contribution < 1.29 is 23.7 Å². The van der Waals surface area contributed by atoms with Crippen LogP contribution in [0.3, 0.4) is 0 Å². The Labute approximate surface area is 122 Å². The Bertz CT molecular complexity index is 497. The molecule has 1 saturated heterocycles. The first-order valence-electron chi connectivity index (χ1n) is 6.88. The Morgan fingerprint density at radius 1 is 1.43 bits per heavy atom. The Morgan fingerprint density at radius 3 is 2.86 bits per heavy atom. The van der Waals surface area contributed by atoms with E-state index < -0.39 is 11.9 Å². The van der Waals surface area contributed by atoms with Crippen LogP contribution in [0.25, 0.3) is 0 Å². The van der Waals surface area contributed by atoms with Gasteiger partial charge in [0.15, 0.2) is 6.61 Å². The number of aliphatic hydroxyl groups excluding tert-OH is 1. The van der Waals surface area contributed by atoms with E-state index in [1.54, 1.807) is 0 Å². The molecule has 1 aliphatic heterocycles. The Morgan fingerprint density at radius 2 is 2.19 bits per heavy atom. The zero-order valence-electron chi connectivity index (χ0n) is 11.6. The van der Waals surface area contributed by atoms with Crippen molar-refractivity contribution in [3.63, 3.8) is 0 Å². The van der Waals surface area contributed by atoms with E-state index in [2.05, 4.69) is 0 Å². The molecule has 0 amide bonds. The molecular formula is C15H18FNO4. The number of benzene rings is 1. The number of hydrogen-bond acceptors (Lipinski definition) is 5. The average molecular weight is 295 g/mol. The molecule has 1 heterocycles. The van der Waals surface area contributed by atoms with Gasteiger partial charge in [-0.25, -0.2) is 4.39 Å². The van der Waals surface area contributed by atoms with Crippen molar-refractivity contribution in [3.05, 3.63) is 29.6 Å². The summed E-state index contributed by atoms with van der Waals surface area (Å²) in [6.45, 7) is 0.797. The summed E-state index contributed by atoms with van der Waals surface area (Å²) in [6.07, 6.45) is 0.751. The second-order valence-corrected chi connectivity index (χ2v) is 4.75. The molecule has 1 atom stereocenters. The van der Waals surface area contributed by atoms with Crippen LogP contribution in [-0.4, -0.2) is 37.6 Å². The van der Waals surface area contributed by atoms with E-state index in [1.165, 1.54) is 18.2 Å². The fraction of sp³-hybridized carbons (Fsp3) is 0.533. The lowest BCUT2D eigenvalue weighted by Crippen LogP contribution is -2.26. The van der Waals surface area contributed by atoms with Gasteiger partial charge in [0.05, 0.1) is 12.7 Å². The zero-order valence-corrected chi connectivity index (χ0v) is 11.6. The van der Waals surface area contributed by atoms with Crippen molar-refractivity contribution in [1.82, 2.24) is 0 Å². The van der Waals surface area contributed by atoms with Crippen molar-refractivity contribution in [1.29, 1.82) is 5.26 Å². The molecule has 1 aliphatic rings.